The van der Waals surface area contributed by atoms with Crippen molar-refractivity contribution in [3.05, 3.63) is 100 Å². The Bertz CT molecular complexity index is 1330. The van der Waals surface area contributed by atoms with Gasteiger partial charge in [0.25, 0.3) is 11.8 Å². The highest BCUT2D eigenvalue weighted by molar-refractivity contribution is 6.32. The lowest BCUT2D eigenvalue weighted by molar-refractivity contribution is -0.194. The number of methoxy groups -OCH3 is 1. The molecule has 0 radical (unpaired) electrons. The van der Waals surface area contributed by atoms with E-state index in [-0.39, 0.29) is 19.6 Å². The van der Waals surface area contributed by atoms with Gasteiger partial charge < -0.3 is 19.1 Å². The maximum absolute atomic E-state index is 14.0. The summed E-state index contributed by atoms with van der Waals surface area (Å²) >= 11 is 6.52. The van der Waals surface area contributed by atoms with Crippen LogP contribution < -0.4 is 4.74 Å². The van der Waals surface area contributed by atoms with Crippen molar-refractivity contribution < 1.29 is 32.6 Å². The Balaban J connectivity index is 1.45. The third-order valence-electron chi connectivity index (χ3n) is 7.11. The van der Waals surface area contributed by atoms with Crippen LogP contribution in [0.25, 0.3) is 0 Å². The van der Waals surface area contributed by atoms with Crippen LogP contribution in [0.3, 0.4) is 0 Å². The third-order valence-corrected chi connectivity index (χ3v) is 7.41. The molecule has 1 amide bonds. The number of carbonyl (C=O) groups is 2. The lowest BCUT2D eigenvalue weighted by Gasteiger charge is -2.40. The van der Waals surface area contributed by atoms with E-state index in [9.17, 15) is 18.4 Å². The number of amides is 1. The van der Waals surface area contributed by atoms with Crippen LogP contribution in [0.4, 0.5) is 8.78 Å². The number of fused-ring (bicyclic) bond motifs is 1. The summed E-state index contributed by atoms with van der Waals surface area (Å²) < 4.78 is 44.2. The molecule has 1 heterocycles. The SMILES string of the molecule is COC(=O)C1Cc2c(ccc(Cl)c2OCc2ccccc2)CN1C(=O)C(OC1CC(F)(F)C1)c1ccccc1. The Morgan fingerprint density at radius 3 is 2.33 bits per heavy atom. The maximum Gasteiger partial charge on any atom is 0.328 e. The number of ether oxygens (including phenoxy) is 3. The molecule has 3 aromatic rings. The number of rotatable bonds is 8. The minimum absolute atomic E-state index is 0.0698. The Kier molecular flexibility index (Phi) is 7.86. The summed E-state index contributed by atoms with van der Waals surface area (Å²) in [5.41, 5.74) is 2.95. The number of esters is 1. The molecule has 204 valence electrons. The van der Waals surface area contributed by atoms with E-state index in [2.05, 4.69) is 0 Å². The largest absolute Gasteiger partial charge is 0.487 e. The summed E-state index contributed by atoms with van der Waals surface area (Å²) in [6, 6.07) is 20.8. The van der Waals surface area contributed by atoms with Gasteiger partial charge in [-0.3, -0.25) is 4.79 Å². The molecule has 1 saturated carbocycles. The fourth-order valence-electron chi connectivity index (χ4n) is 5.03. The first-order valence-electron chi connectivity index (χ1n) is 12.7. The van der Waals surface area contributed by atoms with Crippen molar-refractivity contribution in [3.8, 4) is 5.75 Å². The lowest BCUT2D eigenvalue weighted by Crippen LogP contribution is -2.52. The molecule has 39 heavy (non-hydrogen) atoms. The van der Waals surface area contributed by atoms with Crippen LogP contribution in [0.2, 0.25) is 5.02 Å². The first-order chi connectivity index (χ1) is 18.8. The molecule has 5 rings (SSSR count). The summed E-state index contributed by atoms with van der Waals surface area (Å²) in [5, 5.41) is 0.393. The van der Waals surface area contributed by atoms with Gasteiger partial charge in [-0.15, -0.1) is 0 Å². The molecular weight excluding hydrogens is 528 g/mol. The second-order valence-corrected chi connectivity index (χ2v) is 10.2. The van der Waals surface area contributed by atoms with Crippen LogP contribution in [0.5, 0.6) is 5.75 Å². The normalized spacial score (nSPS) is 19.0. The summed E-state index contributed by atoms with van der Waals surface area (Å²) in [5.74, 6) is -3.46. The van der Waals surface area contributed by atoms with Crippen LogP contribution >= 0.6 is 11.6 Å². The van der Waals surface area contributed by atoms with Crippen LogP contribution in [-0.4, -0.2) is 42.0 Å². The van der Waals surface area contributed by atoms with Gasteiger partial charge in [0.15, 0.2) is 6.10 Å². The first-order valence-corrected chi connectivity index (χ1v) is 13.1. The number of hydrogen-bond donors (Lipinski definition) is 0. The Hall–Kier alpha value is -3.49. The Morgan fingerprint density at radius 1 is 1.03 bits per heavy atom. The average molecular weight is 556 g/mol. The zero-order valence-corrected chi connectivity index (χ0v) is 22.1. The molecule has 2 atom stereocenters. The van der Waals surface area contributed by atoms with E-state index >= 15 is 0 Å². The van der Waals surface area contributed by atoms with Crippen LogP contribution in [0, 0.1) is 0 Å². The van der Waals surface area contributed by atoms with E-state index < -0.39 is 48.9 Å². The van der Waals surface area contributed by atoms with Gasteiger partial charge in [0, 0.05) is 31.4 Å². The standard InChI is InChI=1S/C30H28ClF2NO5/c1-37-29(36)25-14-23-21(12-13-24(31)27(23)38-18-19-8-4-2-5-9-19)17-34(25)28(35)26(20-10-6-3-7-11-20)39-22-15-30(32,33)16-22/h2-13,22,25-26H,14-18H2,1H3. The molecule has 1 aliphatic carbocycles. The maximum atomic E-state index is 14.0. The summed E-state index contributed by atoms with van der Waals surface area (Å²) in [4.78, 5) is 28.4. The van der Waals surface area contributed by atoms with Gasteiger partial charge in [-0.2, -0.15) is 0 Å². The van der Waals surface area contributed by atoms with Crippen LogP contribution in [0.15, 0.2) is 72.8 Å². The van der Waals surface area contributed by atoms with Crippen molar-refractivity contribution in [1.29, 1.82) is 0 Å². The van der Waals surface area contributed by atoms with Crippen molar-refractivity contribution in [2.24, 2.45) is 0 Å². The number of hydrogen-bond acceptors (Lipinski definition) is 5. The molecule has 6 nitrogen and oxygen atoms in total. The predicted molar refractivity (Wildman–Crippen MR) is 141 cm³/mol. The number of benzene rings is 3. The van der Waals surface area contributed by atoms with Gasteiger partial charge in [0.2, 0.25) is 0 Å². The molecule has 2 aliphatic rings. The predicted octanol–water partition coefficient (Wildman–Crippen LogP) is 5.90. The molecule has 0 N–H and O–H groups in total. The van der Waals surface area contributed by atoms with Crippen molar-refractivity contribution >= 4 is 23.5 Å². The van der Waals surface area contributed by atoms with Crippen LogP contribution in [-0.2, 0) is 38.6 Å². The summed E-state index contributed by atoms with van der Waals surface area (Å²) in [7, 11) is 1.26. The molecule has 1 fully saturated rings. The Labute approximate surface area is 230 Å². The minimum Gasteiger partial charge on any atom is -0.487 e. The number of carbonyl (C=O) groups excluding carboxylic acids is 2. The zero-order valence-electron chi connectivity index (χ0n) is 21.3. The fraction of sp³-hybridized carbons (Fsp3) is 0.333. The Morgan fingerprint density at radius 2 is 1.69 bits per heavy atom. The van der Waals surface area contributed by atoms with Crippen molar-refractivity contribution in [1.82, 2.24) is 4.90 Å². The quantitative estimate of drug-likeness (QED) is 0.324. The van der Waals surface area contributed by atoms with Crippen molar-refractivity contribution in [3.63, 3.8) is 0 Å². The molecule has 0 spiro atoms. The van der Waals surface area contributed by atoms with E-state index in [1.165, 1.54) is 12.0 Å². The van der Waals surface area contributed by atoms with Crippen LogP contribution in [0.1, 0.15) is 41.2 Å². The number of alkyl halides is 2. The van der Waals surface area contributed by atoms with Gasteiger partial charge >= 0.3 is 5.97 Å². The molecule has 3 aromatic carbocycles. The van der Waals surface area contributed by atoms with Gasteiger partial charge in [-0.25, -0.2) is 13.6 Å². The smallest absolute Gasteiger partial charge is 0.328 e. The van der Waals surface area contributed by atoms with Crippen molar-refractivity contribution in [2.45, 2.75) is 56.6 Å². The van der Waals surface area contributed by atoms with E-state index in [0.29, 0.717) is 21.9 Å². The van der Waals surface area contributed by atoms with E-state index in [1.807, 2.05) is 30.3 Å². The highest BCUT2D eigenvalue weighted by Crippen LogP contribution is 2.43. The zero-order chi connectivity index (χ0) is 27.6. The number of halogens is 3. The van der Waals surface area contributed by atoms with E-state index in [0.717, 1.165) is 11.1 Å². The fourth-order valence-corrected chi connectivity index (χ4v) is 5.26. The van der Waals surface area contributed by atoms with Gasteiger partial charge in [0.1, 0.15) is 18.4 Å². The summed E-state index contributed by atoms with van der Waals surface area (Å²) in [6.45, 7) is 0.346. The second kappa shape index (κ2) is 11.3. The summed E-state index contributed by atoms with van der Waals surface area (Å²) in [6.07, 6.45) is -2.70. The van der Waals surface area contributed by atoms with Gasteiger partial charge in [-0.1, -0.05) is 78.3 Å². The molecular formula is C30H28ClF2NO5. The second-order valence-electron chi connectivity index (χ2n) is 9.81. The third kappa shape index (κ3) is 5.92. The minimum atomic E-state index is -2.80. The molecule has 2 unspecified atom stereocenters. The molecule has 0 aromatic heterocycles. The lowest BCUT2D eigenvalue weighted by atomic mass is 9.90. The monoisotopic (exact) mass is 555 g/mol. The van der Waals surface area contributed by atoms with E-state index in [1.54, 1.807) is 42.5 Å². The van der Waals surface area contributed by atoms with E-state index in [4.69, 9.17) is 25.8 Å². The van der Waals surface area contributed by atoms with Crippen molar-refractivity contribution in [2.75, 3.05) is 7.11 Å². The highest BCUT2D eigenvalue weighted by Gasteiger charge is 2.49. The molecule has 1 aliphatic heterocycles. The van der Waals surface area contributed by atoms with Gasteiger partial charge in [0.05, 0.1) is 18.2 Å². The molecule has 9 heteroatoms. The topological polar surface area (TPSA) is 65.1 Å². The van der Waals surface area contributed by atoms with Gasteiger partial charge in [-0.05, 0) is 22.8 Å². The number of nitrogens with zero attached hydrogens (tertiary/aromatic N) is 1. The highest BCUT2D eigenvalue weighted by atomic mass is 35.5. The average Bonchev–Trinajstić information content (AvgIpc) is 2.94. The molecule has 0 saturated heterocycles. The first kappa shape index (κ1) is 27.1. The molecule has 0 bridgehead atoms.